The minimum Gasteiger partial charge on any atom is -0.497 e. The molecule has 0 aliphatic heterocycles. The van der Waals surface area contributed by atoms with Gasteiger partial charge in [0.1, 0.15) is 15.2 Å². The van der Waals surface area contributed by atoms with E-state index < -0.39 is 10.0 Å². The highest BCUT2D eigenvalue weighted by molar-refractivity contribution is 9.10. The zero-order valence-electron chi connectivity index (χ0n) is 10.4. The first-order valence-corrected chi connectivity index (χ1v) is 7.64. The third-order valence-electron chi connectivity index (χ3n) is 2.37. The van der Waals surface area contributed by atoms with Crippen molar-refractivity contribution < 1.29 is 13.2 Å². The van der Waals surface area contributed by atoms with Gasteiger partial charge in [0.25, 0.3) is 10.0 Å². The van der Waals surface area contributed by atoms with Crippen LogP contribution in [0, 0.1) is 0 Å². The summed E-state index contributed by atoms with van der Waals surface area (Å²) in [6.07, 6.45) is 2.68. The summed E-state index contributed by atoms with van der Waals surface area (Å²) in [5.41, 5.74) is 5.80. The number of benzene rings is 1. The number of nitrogens with zero attached hydrogens (tertiary/aromatic N) is 2. The van der Waals surface area contributed by atoms with Crippen molar-refractivity contribution >= 4 is 37.5 Å². The number of nitrogen functional groups attached to an aromatic ring is 1. The molecule has 2 rings (SSSR count). The van der Waals surface area contributed by atoms with Gasteiger partial charge in [-0.25, -0.2) is 18.4 Å². The van der Waals surface area contributed by atoms with Crippen LogP contribution in [0.25, 0.3) is 0 Å². The molecule has 0 aliphatic rings. The number of hydrogen-bond acceptors (Lipinski definition) is 6. The largest absolute Gasteiger partial charge is 0.497 e. The van der Waals surface area contributed by atoms with Crippen molar-refractivity contribution in [2.45, 2.75) is 4.90 Å². The van der Waals surface area contributed by atoms with Crippen molar-refractivity contribution in [3.05, 3.63) is 35.2 Å². The maximum Gasteiger partial charge on any atom is 0.265 e. The number of ether oxygens (including phenoxy) is 1. The van der Waals surface area contributed by atoms with E-state index in [-0.39, 0.29) is 16.4 Å². The van der Waals surface area contributed by atoms with Crippen molar-refractivity contribution in [2.75, 3.05) is 17.6 Å². The molecule has 1 aromatic heterocycles. The molecule has 3 N–H and O–H groups in total. The van der Waals surface area contributed by atoms with Gasteiger partial charge in [-0.1, -0.05) is 0 Å². The summed E-state index contributed by atoms with van der Waals surface area (Å²) in [5, 5.41) is 0. The highest BCUT2D eigenvalue weighted by atomic mass is 79.9. The third kappa shape index (κ3) is 3.17. The van der Waals surface area contributed by atoms with Crippen molar-refractivity contribution in [2.24, 2.45) is 0 Å². The summed E-state index contributed by atoms with van der Waals surface area (Å²) in [5.74, 6) is 0.577. The van der Waals surface area contributed by atoms with Crippen LogP contribution in [0.3, 0.4) is 0 Å². The summed E-state index contributed by atoms with van der Waals surface area (Å²) in [6.45, 7) is 0. The summed E-state index contributed by atoms with van der Waals surface area (Å²) in [7, 11) is -2.36. The molecule has 0 saturated carbocycles. The Morgan fingerprint density at radius 3 is 2.60 bits per heavy atom. The number of nitrogens with one attached hydrogen (secondary N) is 1. The number of nitrogens with two attached hydrogens (primary N) is 1. The van der Waals surface area contributed by atoms with E-state index in [4.69, 9.17) is 10.5 Å². The zero-order chi connectivity index (χ0) is 14.8. The lowest BCUT2D eigenvalue weighted by Gasteiger charge is -2.10. The van der Waals surface area contributed by atoms with Gasteiger partial charge >= 0.3 is 0 Å². The fourth-order valence-corrected chi connectivity index (χ4v) is 2.77. The Bertz CT molecular complexity index is 719. The third-order valence-corrected chi connectivity index (χ3v) is 4.20. The van der Waals surface area contributed by atoms with E-state index in [1.165, 1.54) is 37.7 Å². The monoisotopic (exact) mass is 358 g/mol. The van der Waals surface area contributed by atoms with Crippen LogP contribution in [0.15, 0.2) is 40.1 Å². The molecule has 9 heteroatoms. The average molecular weight is 359 g/mol. The Balaban J connectivity index is 2.33. The smallest absolute Gasteiger partial charge is 0.265 e. The second-order valence-electron chi connectivity index (χ2n) is 3.73. The van der Waals surface area contributed by atoms with E-state index in [0.29, 0.717) is 10.4 Å². The Morgan fingerprint density at radius 1 is 1.30 bits per heavy atom. The molecule has 0 bridgehead atoms. The van der Waals surface area contributed by atoms with Crippen LogP contribution in [0.1, 0.15) is 0 Å². The topological polar surface area (TPSA) is 107 Å². The quantitative estimate of drug-likeness (QED) is 0.804. The lowest BCUT2D eigenvalue weighted by molar-refractivity contribution is 0.414. The molecule has 0 fully saturated rings. The first-order valence-electron chi connectivity index (χ1n) is 5.36. The lowest BCUT2D eigenvalue weighted by Crippen LogP contribution is -2.15. The molecule has 0 radical (unpaired) electrons. The summed E-state index contributed by atoms with van der Waals surface area (Å²) in [4.78, 5) is 7.72. The van der Waals surface area contributed by atoms with E-state index in [1.807, 2.05) is 0 Å². The molecule has 0 unspecified atom stereocenters. The van der Waals surface area contributed by atoms with Gasteiger partial charge in [-0.15, -0.1) is 0 Å². The number of hydrogen-bond donors (Lipinski definition) is 2. The van der Waals surface area contributed by atoms with Crippen LogP contribution >= 0.6 is 15.9 Å². The molecule has 106 valence electrons. The van der Waals surface area contributed by atoms with Gasteiger partial charge in [-0.05, 0) is 28.1 Å². The maximum absolute atomic E-state index is 12.2. The van der Waals surface area contributed by atoms with Crippen LogP contribution < -0.4 is 15.2 Å². The van der Waals surface area contributed by atoms with Crippen LogP contribution in [0.2, 0.25) is 0 Å². The van der Waals surface area contributed by atoms with Gasteiger partial charge in [-0.2, -0.15) is 0 Å². The van der Waals surface area contributed by atoms with Crippen LogP contribution in [0.4, 0.5) is 11.5 Å². The molecular formula is C11H11BrN4O3S. The first-order chi connectivity index (χ1) is 9.42. The van der Waals surface area contributed by atoms with E-state index in [1.54, 1.807) is 0 Å². The van der Waals surface area contributed by atoms with E-state index in [0.717, 1.165) is 0 Å². The lowest BCUT2D eigenvalue weighted by atomic mass is 10.3. The Labute approximate surface area is 124 Å². The number of aromatic nitrogens is 2. The number of methoxy groups -OCH3 is 1. The molecule has 2 aromatic rings. The van der Waals surface area contributed by atoms with Crippen LogP contribution in [-0.4, -0.2) is 25.5 Å². The number of sulfonamides is 1. The van der Waals surface area contributed by atoms with E-state index in [2.05, 4.69) is 30.6 Å². The molecule has 0 amide bonds. The van der Waals surface area contributed by atoms with Gasteiger partial charge < -0.3 is 10.5 Å². The second kappa shape index (κ2) is 5.63. The van der Waals surface area contributed by atoms with E-state index in [9.17, 15) is 8.42 Å². The molecule has 1 aromatic carbocycles. The number of rotatable bonds is 4. The number of halogens is 1. The predicted octanol–water partition coefficient (Wildman–Crippen LogP) is 1.63. The fourth-order valence-electron chi connectivity index (χ4n) is 1.46. The maximum atomic E-state index is 12.2. The molecule has 0 saturated heterocycles. The van der Waals surface area contributed by atoms with Gasteiger partial charge in [0.2, 0.25) is 0 Å². The predicted molar refractivity (Wildman–Crippen MR) is 77.9 cm³/mol. The molecular weight excluding hydrogens is 348 g/mol. The van der Waals surface area contributed by atoms with Crippen LogP contribution in [0.5, 0.6) is 5.75 Å². The SMILES string of the molecule is COc1ccc(S(=O)(=O)Nc2cnc(Br)cn2)c(N)c1. The minimum absolute atomic E-state index is 0.0528. The minimum atomic E-state index is -3.83. The van der Waals surface area contributed by atoms with Crippen molar-refractivity contribution in [1.29, 1.82) is 0 Å². The molecule has 1 heterocycles. The Morgan fingerprint density at radius 2 is 2.05 bits per heavy atom. The molecule has 20 heavy (non-hydrogen) atoms. The standard InChI is InChI=1S/C11H11BrN4O3S/c1-19-7-2-3-9(8(13)4-7)20(17,18)16-11-6-14-10(12)5-15-11/h2-6H,13H2,1H3,(H,15,16). The molecule has 0 spiro atoms. The summed E-state index contributed by atoms with van der Waals surface area (Å²) in [6, 6.07) is 4.31. The normalized spacial score (nSPS) is 11.1. The summed E-state index contributed by atoms with van der Waals surface area (Å²) < 4.78 is 32.2. The fraction of sp³-hybridized carbons (Fsp3) is 0.0909. The molecule has 0 aliphatic carbocycles. The average Bonchev–Trinajstić information content (AvgIpc) is 2.40. The van der Waals surface area contributed by atoms with Crippen molar-refractivity contribution in [3.63, 3.8) is 0 Å². The second-order valence-corrected chi connectivity index (χ2v) is 6.20. The Hall–Kier alpha value is -1.87. The molecule has 0 atom stereocenters. The van der Waals surface area contributed by atoms with E-state index >= 15 is 0 Å². The highest BCUT2D eigenvalue weighted by Gasteiger charge is 2.18. The Kier molecular flexibility index (Phi) is 4.09. The zero-order valence-corrected chi connectivity index (χ0v) is 12.8. The van der Waals surface area contributed by atoms with Gasteiger partial charge in [0.05, 0.1) is 25.2 Å². The van der Waals surface area contributed by atoms with Crippen molar-refractivity contribution in [1.82, 2.24) is 9.97 Å². The van der Waals surface area contributed by atoms with Gasteiger partial charge in [0.15, 0.2) is 5.82 Å². The van der Waals surface area contributed by atoms with Gasteiger partial charge in [-0.3, -0.25) is 4.72 Å². The van der Waals surface area contributed by atoms with Gasteiger partial charge in [0, 0.05) is 6.07 Å². The summed E-state index contributed by atoms with van der Waals surface area (Å²) >= 11 is 3.11. The first kappa shape index (κ1) is 14.5. The van der Waals surface area contributed by atoms with Crippen LogP contribution in [-0.2, 0) is 10.0 Å². The highest BCUT2D eigenvalue weighted by Crippen LogP contribution is 2.25. The van der Waals surface area contributed by atoms with Crippen molar-refractivity contribution in [3.8, 4) is 5.75 Å². The molecule has 7 nitrogen and oxygen atoms in total. The number of anilines is 2.